The number of benzene rings is 2. The molecule has 0 saturated carbocycles. The molecule has 0 fully saturated rings. The number of rotatable bonds is 6. The molecule has 0 bridgehead atoms. The SMILES string of the molecule is COc1cc(C(=O)Nc2nc(-c3cccc(F)c3)cs2)cc(OC)c1OC. The lowest BCUT2D eigenvalue weighted by Gasteiger charge is -2.13. The quantitative estimate of drug-likeness (QED) is 0.684. The Kier molecular flexibility index (Phi) is 5.56. The third-order valence-corrected chi connectivity index (χ3v) is 4.53. The first-order valence-electron chi connectivity index (χ1n) is 7.88. The summed E-state index contributed by atoms with van der Waals surface area (Å²) in [4.78, 5) is 16.9. The largest absolute Gasteiger partial charge is 0.493 e. The zero-order valence-electron chi connectivity index (χ0n) is 14.9. The fourth-order valence-electron chi connectivity index (χ4n) is 2.49. The van der Waals surface area contributed by atoms with Gasteiger partial charge in [-0.2, -0.15) is 0 Å². The molecule has 1 N–H and O–H groups in total. The number of nitrogens with one attached hydrogen (secondary N) is 1. The molecule has 0 radical (unpaired) electrons. The Bertz CT molecular complexity index is 949. The van der Waals surface area contributed by atoms with Crippen LogP contribution in [0.1, 0.15) is 10.4 Å². The molecule has 1 heterocycles. The first kappa shape index (κ1) is 18.7. The maximum Gasteiger partial charge on any atom is 0.257 e. The third-order valence-electron chi connectivity index (χ3n) is 3.77. The van der Waals surface area contributed by atoms with Gasteiger partial charge in [-0.05, 0) is 24.3 Å². The van der Waals surface area contributed by atoms with Crippen LogP contribution >= 0.6 is 11.3 Å². The average molecular weight is 388 g/mol. The predicted octanol–water partition coefficient (Wildman–Crippen LogP) is 4.23. The highest BCUT2D eigenvalue weighted by Crippen LogP contribution is 2.38. The van der Waals surface area contributed by atoms with E-state index in [9.17, 15) is 9.18 Å². The van der Waals surface area contributed by atoms with Crippen LogP contribution in [0.5, 0.6) is 17.2 Å². The first-order chi connectivity index (χ1) is 13.0. The van der Waals surface area contributed by atoms with Gasteiger partial charge in [0.05, 0.1) is 27.0 Å². The van der Waals surface area contributed by atoms with E-state index in [1.165, 1.54) is 44.8 Å². The van der Waals surface area contributed by atoms with Crippen molar-refractivity contribution >= 4 is 22.4 Å². The zero-order valence-corrected chi connectivity index (χ0v) is 15.7. The number of methoxy groups -OCH3 is 3. The Labute approximate surface area is 159 Å². The summed E-state index contributed by atoms with van der Waals surface area (Å²) in [5, 5.41) is 4.87. The van der Waals surface area contributed by atoms with Crippen LogP contribution in [-0.2, 0) is 0 Å². The summed E-state index contributed by atoms with van der Waals surface area (Å²) in [6.07, 6.45) is 0. The standard InChI is InChI=1S/C19H17FN2O4S/c1-24-15-8-12(9-16(25-2)17(15)26-3)18(23)22-19-21-14(10-27-19)11-5-4-6-13(20)7-11/h4-10H,1-3H3,(H,21,22,23). The number of nitrogens with zero attached hydrogens (tertiary/aromatic N) is 1. The van der Waals surface area contributed by atoms with E-state index in [1.54, 1.807) is 29.6 Å². The molecule has 8 heteroatoms. The topological polar surface area (TPSA) is 69.7 Å². The summed E-state index contributed by atoms with van der Waals surface area (Å²) in [7, 11) is 4.44. The second kappa shape index (κ2) is 8.05. The monoisotopic (exact) mass is 388 g/mol. The Morgan fingerprint density at radius 2 is 1.78 bits per heavy atom. The minimum Gasteiger partial charge on any atom is -0.493 e. The van der Waals surface area contributed by atoms with E-state index in [1.807, 2.05) is 0 Å². The zero-order chi connectivity index (χ0) is 19.4. The van der Waals surface area contributed by atoms with Crippen molar-refractivity contribution in [3.05, 3.63) is 53.2 Å². The minimum atomic E-state index is -0.380. The summed E-state index contributed by atoms with van der Waals surface area (Å²) in [6.45, 7) is 0. The smallest absolute Gasteiger partial charge is 0.257 e. The van der Waals surface area contributed by atoms with Crippen molar-refractivity contribution in [3.8, 4) is 28.5 Å². The van der Waals surface area contributed by atoms with Gasteiger partial charge in [0, 0.05) is 16.5 Å². The van der Waals surface area contributed by atoms with Crippen LogP contribution in [0, 0.1) is 5.82 Å². The average Bonchev–Trinajstić information content (AvgIpc) is 3.15. The van der Waals surface area contributed by atoms with Crippen molar-refractivity contribution in [2.45, 2.75) is 0 Å². The highest BCUT2D eigenvalue weighted by Gasteiger charge is 2.18. The molecule has 140 valence electrons. The molecule has 0 saturated heterocycles. The molecule has 6 nitrogen and oxygen atoms in total. The molecule has 27 heavy (non-hydrogen) atoms. The lowest BCUT2D eigenvalue weighted by Crippen LogP contribution is -2.12. The van der Waals surface area contributed by atoms with E-state index in [0.717, 1.165) is 0 Å². The second-order valence-electron chi connectivity index (χ2n) is 5.42. The molecule has 0 aliphatic carbocycles. The van der Waals surface area contributed by atoms with E-state index in [4.69, 9.17) is 14.2 Å². The molecule has 3 rings (SSSR count). The summed E-state index contributed by atoms with van der Waals surface area (Å²) >= 11 is 1.25. The highest BCUT2D eigenvalue weighted by molar-refractivity contribution is 7.14. The molecule has 0 atom stereocenters. The van der Waals surface area contributed by atoms with Gasteiger partial charge in [-0.15, -0.1) is 11.3 Å². The van der Waals surface area contributed by atoms with Crippen LogP contribution in [-0.4, -0.2) is 32.2 Å². The Morgan fingerprint density at radius 3 is 2.37 bits per heavy atom. The Hall–Kier alpha value is -3.13. The molecule has 1 aromatic heterocycles. The summed E-state index contributed by atoms with van der Waals surface area (Å²) < 4.78 is 29.1. The first-order valence-corrected chi connectivity index (χ1v) is 8.76. The second-order valence-corrected chi connectivity index (χ2v) is 6.27. The number of amides is 1. The number of ether oxygens (including phenoxy) is 3. The fourth-order valence-corrected chi connectivity index (χ4v) is 3.21. The lowest BCUT2D eigenvalue weighted by atomic mass is 10.1. The van der Waals surface area contributed by atoms with Crippen molar-refractivity contribution < 1.29 is 23.4 Å². The lowest BCUT2D eigenvalue weighted by molar-refractivity contribution is 0.102. The summed E-state index contributed by atoms with van der Waals surface area (Å²) in [6, 6.07) is 9.22. The summed E-state index contributed by atoms with van der Waals surface area (Å²) in [5.41, 5.74) is 1.55. The van der Waals surface area contributed by atoms with Crippen LogP contribution in [0.25, 0.3) is 11.3 Å². The number of hydrogen-bond acceptors (Lipinski definition) is 6. The van der Waals surface area contributed by atoms with E-state index in [2.05, 4.69) is 10.3 Å². The number of aromatic nitrogens is 1. The molecule has 0 aliphatic rings. The molecule has 3 aromatic rings. The minimum absolute atomic E-state index is 0.326. The normalized spacial score (nSPS) is 10.4. The number of hydrogen-bond donors (Lipinski definition) is 1. The molecular formula is C19H17FN2O4S. The van der Waals surface area contributed by atoms with Gasteiger partial charge in [-0.3, -0.25) is 10.1 Å². The number of halogens is 1. The predicted molar refractivity (Wildman–Crippen MR) is 102 cm³/mol. The van der Waals surface area contributed by atoms with Gasteiger partial charge >= 0.3 is 0 Å². The molecular weight excluding hydrogens is 371 g/mol. The maximum absolute atomic E-state index is 13.4. The van der Waals surface area contributed by atoms with Gasteiger partial charge in [0.1, 0.15) is 5.82 Å². The number of thiazole rings is 1. The number of carbonyl (C=O) groups excluding carboxylic acids is 1. The van der Waals surface area contributed by atoms with Crippen LogP contribution in [0.15, 0.2) is 41.8 Å². The molecule has 0 spiro atoms. The van der Waals surface area contributed by atoms with Gasteiger partial charge in [0.25, 0.3) is 5.91 Å². The molecule has 2 aromatic carbocycles. The van der Waals surface area contributed by atoms with Crippen LogP contribution in [0.3, 0.4) is 0 Å². The van der Waals surface area contributed by atoms with Crippen molar-refractivity contribution in [1.82, 2.24) is 4.98 Å². The van der Waals surface area contributed by atoms with Gasteiger partial charge < -0.3 is 14.2 Å². The van der Waals surface area contributed by atoms with Crippen molar-refractivity contribution in [1.29, 1.82) is 0 Å². The van der Waals surface area contributed by atoms with Gasteiger partial charge in [0.2, 0.25) is 5.75 Å². The van der Waals surface area contributed by atoms with E-state index in [-0.39, 0.29) is 11.7 Å². The van der Waals surface area contributed by atoms with E-state index in [0.29, 0.717) is 39.2 Å². The fraction of sp³-hybridized carbons (Fsp3) is 0.158. The van der Waals surface area contributed by atoms with Crippen LogP contribution in [0.4, 0.5) is 9.52 Å². The Balaban J connectivity index is 1.84. The molecule has 0 unspecified atom stereocenters. The number of carbonyl (C=O) groups is 1. The van der Waals surface area contributed by atoms with Crippen molar-refractivity contribution in [2.24, 2.45) is 0 Å². The van der Waals surface area contributed by atoms with Crippen LogP contribution in [0.2, 0.25) is 0 Å². The van der Waals surface area contributed by atoms with Gasteiger partial charge in [0.15, 0.2) is 16.6 Å². The van der Waals surface area contributed by atoms with Gasteiger partial charge in [-0.1, -0.05) is 12.1 Å². The highest BCUT2D eigenvalue weighted by atomic mass is 32.1. The molecule has 1 amide bonds. The van der Waals surface area contributed by atoms with Crippen molar-refractivity contribution in [3.63, 3.8) is 0 Å². The molecule has 0 aliphatic heterocycles. The van der Waals surface area contributed by atoms with Crippen LogP contribution < -0.4 is 19.5 Å². The van der Waals surface area contributed by atoms with E-state index >= 15 is 0 Å². The Morgan fingerprint density at radius 1 is 1.07 bits per heavy atom. The van der Waals surface area contributed by atoms with Gasteiger partial charge in [-0.25, -0.2) is 9.37 Å². The summed E-state index contributed by atoms with van der Waals surface area (Å²) in [5.74, 6) is 0.431. The maximum atomic E-state index is 13.4. The number of anilines is 1. The van der Waals surface area contributed by atoms with E-state index < -0.39 is 0 Å². The third kappa shape index (κ3) is 4.01. The van der Waals surface area contributed by atoms with Crippen molar-refractivity contribution in [2.75, 3.05) is 26.6 Å².